The van der Waals surface area contributed by atoms with Crippen LogP contribution >= 0.6 is 0 Å². The quantitative estimate of drug-likeness (QED) is 0.838. The van der Waals surface area contributed by atoms with Crippen LogP contribution in [0.3, 0.4) is 0 Å². The first-order chi connectivity index (χ1) is 10.2. The van der Waals surface area contributed by atoms with Gasteiger partial charge >= 0.3 is 5.97 Å². The fraction of sp³-hybridized carbons (Fsp3) is 0.235. The minimum atomic E-state index is -0.786. The maximum Gasteiger partial charge on any atom is 0.303 e. The summed E-state index contributed by atoms with van der Waals surface area (Å²) >= 11 is 0. The number of carboxylic acid groups (broad SMARTS) is 1. The van der Waals surface area contributed by atoms with Gasteiger partial charge < -0.3 is 14.6 Å². The molecule has 2 rings (SSSR count). The molecule has 2 aromatic carbocycles. The summed E-state index contributed by atoms with van der Waals surface area (Å²) in [5, 5.41) is 8.71. The van der Waals surface area contributed by atoms with E-state index in [1.807, 2.05) is 48.5 Å². The Hall–Kier alpha value is -2.49. The molecule has 0 aliphatic rings. The Bertz CT molecular complexity index is 593. The zero-order chi connectivity index (χ0) is 15.1. The lowest BCUT2D eigenvalue weighted by Gasteiger charge is -2.11. The van der Waals surface area contributed by atoms with Gasteiger partial charge in [0.2, 0.25) is 0 Å². The molecule has 0 heterocycles. The van der Waals surface area contributed by atoms with E-state index in [1.165, 1.54) is 0 Å². The van der Waals surface area contributed by atoms with E-state index in [0.717, 1.165) is 17.1 Å². The molecule has 110 valence electrons. The number of carboxylic acids is 1. The second-order valence-corrected chi connectivity index (χ2v) is 4.64. The number of para-hydroxylation sites is 1. The zero-order valence-corrected chi connectivity index (χ0v) is 11.9. The van der Waals surface area contributed by atoms with Crippen molar-refractivity contribution in [3.05, 3.63) is 54.1 Å². The molecule has 0 aliphatic heterocycles. The van der Waals surface area contributed by atoms with E-state index >= 15 is 0 Å². The lowest BCUT2D eigenvalue weighted by molar-refractivity contribution is -0.137. The molecule has 0 unspecified atom stereocenters. The largest absolute Gasteiger partial charge is 0.496 e. The normalized spacial score (nSPS) is 10.1. The van der Waals surface area contributed by atoms with Gasteiger partial charge in [0, 0.05) is 6.42 Å². The lowest BCUT2D eigenvalue weighted by Crippen LogP contribution is -1.98. The molecule has 0 saturated heterocycles. The maximum absolute atomic E-state index is 10.6. The first kappa shape index (κ1) is 14.9. The van der Waals surface area contributed by atoms with Gasteiger partial charge in [0.05, 0.1) is 7.11 Å². The molecule has 0 fully saturated rings. The van der Waals surface area contributed by atoms with Crippen molar-refractivity contribution >= 4 is 5.97 Å². The maximum atomic E-state index is 10.6. The second-order valence-electron chi connectivity index (χ2n) is 4.64. The van der Waals surface area contributed by atoms with Crippen molar-refractivity contribution in [1.82, 2.24) is 0 Å². The summed E-state index contributed by atoms with van der Waals surface area (Å²) in [6, 6.07) is 15.1. The number of aliphatic carboxylic acids is 1. The Kier molecular flexibility index (Phi) is 5.21. The number of hydrogen-bond donors (Lipinski definition) is 1. The van der Waals surface area contributed by atoms with E-state index < -0.39 is 5.97 Å². The number of aryl methyl sites for hydroxylation is 1. The Morgan fingerprint density at radius 1 is 1.10 bits per heavy atom. The molecule has 0 amide bonds. The van der Waals surface area contributed by atoms with Crippen molar-refractivity contribution in [3.63, 3.8) is 0 Å². The standard InChI is InChI=1S/C17H18O4/c1-20-16-11-10-15(21-14-7-3-2-4-8-14)12-13(16)6-5-9-17(18)19/h2-4,7-8,10-12H,5-6,9H2,1H3,(H,18,19). The molecule has 0 radical (unpaired) electrons. The van der Waals surface area contributed by atoms with E-state index in [1.54, 1.807) is 7.11 Å². The highest BCUT2D eigenvalue weighted by Gasteiger charge is 2.07. The smallest absolute Gasteiger partial charge is 0.303 e. The lowest BCUT2D eigenvalue weighted by atomic mass is 10.1. The fourth-order valence-electron chi connectivity index (χ4n) is 2.07. The van der Waals surface area contributed by atoms with E-state index in [4.69, 9.17) is 14.6 Å². The van der Waals surface area contributed by atoms with Gasteiger partial charge in [-0.05, 0) is 48.7 Å². The van der Waals surface area contributed by atoms with Gasteiger partial charge in [-0.15, -0.1) is 0 Å². The fourth-order valence-corrected chi connectivity index (χ4v) is 2.07. The molecular weight excluding hydrogens is 268 g/mol. The SMILES string of the molecule is COc1ccc(Oc2ccccc2)cc1CCCC(=O)O. The molecule has 0 atom stereocenters. The molecule has 21 heavy (non-hydrogen) atoms. The summed E-state index contributed by atoms with van der Waals surface area (Å²) in [4.78, 5) is 10.6. The summed E-state index contributed by atoms with van der Waals surface area (Å²) in [7, 11) is 1.60. The van der Waals surface area contributed by atoms with Gasteiger partial charge in [0.15, 0.2) is 0 Å². The summed E-state index contributed by atoms with van der Waals surface area (Å²) in [6.07, 6.45) is 1.36. The van der Waals surface area contributed by atoms with Crippen LogP contribution in [0, 0.1) is 0 Å². The van der Waals surface area contributed by atoms with E-state index in [2.05, 4.69) is 0 Å². The van der Waals surface area contributed by atoms with Gasteiger partial charge in [-0.1, -0.05) is 18.2 Å². The van der Waals surface area contributed by atoms with Crippen LogP contribution < -0.4 is 9.47 Å². The molecule has 0 bridgehead atoms. The van der Waals surface area contributed by atoms with Crippen molar-refractivity contribution < 1.29 is 19.4 Å². The summed E-state index contributed by atoms with van der Waals surface area (Å²) in [5.74, 6) is 1.44. The highest BCUT2D eigenvalue weighted by molar-refractivity contribution is 5.66. The Morgan fingerprint density at radius 2 is 1.86 bits per heavy atom. The van der Waals surface area contributed by atoms with Crippen molar-refractivity contribution in [2.24, 2.45) is 0 Å². The van der Waals surface area contributed by atoms with Crippen LogP contribution in [0.5, 0.6) is 17.2 Å². The average Bonchev–Trinajstić information content (AvgIpc) is 2.48. The van der Waals surface area contributed by atoms with Crippen molar-refractivity contribution in [1.29, 1.82) is 0 Å². The molecule has 1 N–H and O–H groups in total. The third-order valence-electron chi connectivity index (χ3n) is 3.07. The van der Waals surface area contributed by atoms with E-state index in [9.17, 15) is 4.79 Å². The second kappa shape index (κ2) is 7.33. The number of carbonyl (C=O) groups is 1. The van der Waals surface area contributed by atoms with E-state index in [-0.39, 0.29) is 6.42 Å². The van der Waals surface area contributed by atoms with Crippen LogP contribution in [0.4, 0.5) is 0 Å². The minimum absolute atomic E-state index is 0.146. The van der Waals surface area contributed by atoms with Crippen molar-refractivity contribution in [2.75, 3.05) is 7.11 Å². The number of hydrogen-bond acceptors (Lipinski definition) is 3. The predicted octanol–water partition coefficient (Wildman–Crippen LogP) is 3.89. The predicted molar refractivity (Wildman–Crippen MR) is 80.1 cm³/mol. The number of ether oxygens (including phenoxy) is 2. The molecule has 0 saturated carbocycles. The van der Waals surface area contributed by atoms with Crippen LogP contribution in [-0.4, -0.2) is 18.2 Å². The Labute approximate surface area is 123 Å². The number of methoxy groups -OCH3 is 1. The first-order valence-electron chi connectivity index (χ1n) is 6.80. The molecule has 0 aliphatic carbocycles. The Morgan fingerprint density at radius 3 is 2.52 bits per heavy atom. The average molecular weight is 286 g/mol. The molecule has 2 aromatic rings. The molecule has 0 aromatic heterocycles. The topological polar surface area (TPSA) is 55.8 Å². The van der Waals surface area contributed by atoms with Crippen LogP contribution in [0.1, 0.15) is 18.4 Å². The van der Waals surface area contributed by atoms with Crippen LogP contribution in [0.2, 0.25) is 0 Å². The van der Waals surface area contributed by atoms with Gasteiger partial charge in [-0.3, -0.25) is 4.79 Å². The monoisotopic (exact) mass is 286 g/mol. The minimum Gasteiger partial charge on any atom is -0.496 e. The van der Waals surface area contributed by atoms with Crippen molar-refractivity contribution in [3.8, 4) is 17.2 Å². The molecule has 4 nitrogen and oxygen atoms in total. The van der Waals surface area contributed by atoms with Gasteiger partial charge in [0.25, 0.3) is 0 Å². The molecular formula is C17H18O4. The number of benzene rings is 2. The van der Waals surface area contributed by atoms with Gasteiger partial charge in [-0.2, -0.15) is 0 Å². The molecule has 0 spiro atoms. The highest BCUT2D eigenvalue weighted by Crippen LogP contribution is 2.28. The number of rotatable bonds is 7. The van der Waals surface area contributed by atoms with E-state index in [0.29, 0.717) is 18.6 Å². The first-order valence-corrected chi connectivity index (χ1v) is 6.80. The third-order valence-corrected chi connectivity index (χ3v) is 3.07. The third kappa shape index (κ3) is 4.53. The van der Waals surface area contributed by atoms with Gasteiger partial charge in [0.1, 0.15) is 17.2 Å². The summed E-state index contributed by atoms with van der Waals surface area (Å²) in [6.45, 7) is 0. The summed E-state index contributed by atoms with van der Waals surface area (Å²) < 4.78 is 11.1. The highest BCUT2D eigenvalue weighted by atomic mass is 16.5. The van der Waals surface area contributed by atoms with Crippen LogP contribution in [0.25, 0.3) is 0 Å². The molecule has 4 heteroatoms. The van der Waals surface area contributed by atoms with Crippen LogP contribution in [-0.2, 0) is 11.2 Å². The summed E-state index contributed by atoms with van der Waals surface area (Å²) in [5.41, 5.74) is 0.951. The Balaban J connectivity index is 2.11. The van der Waals surface area contributed by atoms with Gasteiger partial charge in [-0.25, -0.2) is 0 Å². The zero-order valence-electron chi connectivity index (χ0n) is 11.9. The van der Waals surface area contributed by atoms with Crippen LogP contribution in [0.15, 0.2) is 48.5 Å². The van der Waals surface area contributed by atoms with Crippen molar-refractivity contribution in [2.45, 2.75) is 19.3 Å².